The molecule has 0 radical (unpaired) electrons. The summed E-state index contributed by atoms with van der Waals surface area (Å²) in [6.45, 7) is 1.50. The van der Waals surface area contributed by atoms with Crippen LogP contribution in [0.3, 0.4) is 0 Å². The fourth-order valence-corrected chi connectivity index (χ4v) is 1.87. The Morgan fingerprint density at radius 2 is 2.00 bits per heavy atom. The minimum Gasteiger partial charge on any atom is -0.293 e. The van der Waals surface area contributed by atoms with Gasteiger partial charge < -0.3 is 0 Å². The van der Waals surface area contributed by atoms with E-state index in [1.165, 1.54) is 13.1 Å². The molecule has 1 heterocycles. The molecule has 2 nitrogen and oxygen atoms in total. The Balaban J connectivity index is 2.76. The Morgan fingerprint density at radius 3 is 2.59 bits per heavy atom. The van der Waals surface area contributed by atoms with Crippen molar-refractivity contribution in [3.63, 3.8) is 0 Å². The van der Waals surface area contributed by atoms with E-state index in [1.54, 1.807) is 0 Å². The van der Waals surface area contributed by atoms with Crippen molar-refractivity contribution in [2.75, 3.05) is 0 Å². The van der Waals surface area contributed by atoms with Crippen LogP contribution in [0.2, 0.25) is 5.02 Å². The van der Waals surface area contributed by atoms with Crippen LogP contribution in [0.4, 0.5) is 18.9 Å². The Bertz CT molecular complexity index is 522. The Labute approximate surface area is 100 Å². The van der Waals surface area contributed by atoms with E-state index >= 15 is 0 Å². The summed E-state index contributed by atoms with van der Waals surface area (Å²) in [4.78, 5) is 15.6. The molecule has 1 aliphatic rings. The van der Waals surface area contributed by atoms with Gasteiger partial charge in [-0.3, -0.25) is 9.79 Å². The van der Waals surface area contributed by atoms with Crippen molar-refractivity contribution in [1.29, 1.82) is 0 Å². The lowest BCUT2D eigenvalue weighted by molar-refractivity contribution is -0.137. The molecule has 90 valence electrons. The molecule has 1 aliphatic heterocycles. The van der Waals surface area contributed by atoms with Crippen LogP contribution in [0.1, 0.15) is 22.8 Å². The number of fused-ring (bicyclic) bond motifs is 1. The van der Waals surface area contributed by atoms with Gasteiger partial charge in [-0.15, -0.1) is 0 Å². The van der Waals surface area contributed by atoms with Crippen LogP contribution in [0.15, 0.2) is 17.1 Å². The standard InChI is InChI=1S/C11H7ClF3NO/c1-5-4-16-9-7(12)3-2-6(11(13,14)15)8(9)10(5)17/h2-5H,1H3. The van der Waals surface area contributed by atoms with Gasteiger partial charge in [0.15, 0.2) is 5.78 Å². The second-order valence-electron chi connectivity index (χ2n) is 3.75. The number of Topliss-reactive ketones (excluding diaryl/α,β-unsaturated/α-hetero) is 1. The summed E-state index contributed by atoms with van der Waals surface area (Å²) in [5.74, 6) is -1.27. The van der Waals surface area contributed by atoms with Gasteiger partial charge in [0.25, 0.3) is 0 Å². The van der Waals surface area contributed by atoms with Crippen molar-refractivity contribution in [1.82, 2.24) is 0 Å². The molecule has 0 spiro atoms. The molecule has 0 N–H and O–H groups in total. The molecule has 2 rings (SSSR count). The topological polar surface area (TPSA) is 29.4 Å². The fraction of sp³-hybridized carbons (Fsp3) is 0.273. The molecule has 0 bridgehead atoms. The molecule has 0 fully saturated rings. The van der Waals surface area contributed by atoms with Crippen LogP contribution in [0.5, 0.6) is 0 Å². The molecule has 0 aromatic heterocycles. The molecule has 17 heavy (non-hydrogen) atoms. The van der Waals surface area contributed by atoms with Gasteiger partial charge in [-0.2, -0.15) is 13.2 Å². The summed E-state index contributed by atoms with van der Waals surface area (Å²) < 4.78 is 38.3. The van der Waals surface area contributed by atoms with Crippen molar-refractivity contribution in [2.24, 2.45) is 10.9 Å². The molecular formula is C11H7ClF3NO. The number of benzene rings is 1. The van der Waals surface area contributed by atoms with E-state index in [9.17, 15) is 18.0 Å². The maximum Gasteiger partial charge on any atom is 0.417 e. The average molecular weight is 262 g/mol. The molecule has 0 saturated heterocycles. The van der Waals surface area contributed by atoms with Gasteiger partial charge in [0.2, 0.25) is 0 Å². The Morgan fingerprint density at radius 1 is 1.35 bits per heavy atom. The Kier molecular flexibility index (Phi) is 2.73. The van der Waals surface area contributed by atoms with E-state index in [1.807, 2.05) is 0 Å². The quantitative estimate of drug-likeness (QED) is 0.696. The first-order valence-corrected chi connectivity index (χ1v) is 5.18. The van der Waals surface area contributed by atoms with E-state index in [0.29, 0.717) is 0 Å². The van der Waals surface area contributed by atoms with E-state index in [0.717, 1.165) is 12.1 Å². The molecule has 1 aromatic rings. The van der Waals surface area contributed by atoms with Crippen LogP contribution in [0.25, 0.3) is 0 Å². The highest BCUT2D eigenvalue weighted by molar-refractivity contribution is 6.34. The molecular weight excluding hydrogens is 255 g/mol. The summed E-state index contributed by atoms with van der Waals surface area (Å²) in [6, 6.07) is 1.91. The van der Waals surface area contributed by atoms with E-state index in [4.69, 9.17) is 11.6 Å². The summed E-state index contributed by atoms with van der Waals surface area (Å²) in [5.41, 5.74) is -1.50. The second-order valence-corrected chi connectivity index (χ2v) is 4.15. The molecule has 0 amide bonds. The number of alkyl halides is 3. The van der Waals surface area contributed by atoms with Gasteiger partial charge in [-0.05, 0) is 12.1 Å². The lowest BCUT2D eigenvalue weighted by atomic mass is 9.92. The lowest BCUT2D eigenvalue weighted by Crippen LogP contribution is -2.21. The first kappa shape index (κ1) is 12.1. The summed E-state index contributed by atoms with van der Waals surface area (Å²) >= 11 is 5.74. The summed E-state index contributed by atoms with van der Waals surface area (Å²) in [7, 11) is 0. The number of hydrogen-bond acceptors (Lipinski definition) is 2. The van der Waals surface area contributed by atoms with Gasteiger partial charge in [0.05, 0.1) is 27.8 Å². The largest absolute Gasteiger partial charge is 0.417 e. The van der Waals surface area contributed by atoms with E-state index < -0.39 is 29.0 Å². The van der Waals surface area contributed by atoms with Crippen molar-refractivity contribution in [2.45, 2.75) is 13.1 Å². The molecule has 6 heteroatoms. The van der Waals surface area contributed by atoms with Gasteiger partial charge in [0.1, 0.15) is 0 Å². The predicted molar refractivity (Wildman–Crippen MR) is 58.1 cm³/mol. The molecule has 1 unspecified atom stereocenters. The van der Waals surface area contributed by atoms with Crippen molar-refractivity contribution >= 4 is 29.3 Å². The van der Waals surface area contributed by atoms with Crippen LogP contribution in [0, 0.1) is 5.92 Å². The molecule has 0 saturated carbocycles. The average Bonchev–Trinajstić information content (AvgIpc) is 2.22. The highest BCUT2D eigenvalue weighted by atomic mass is 35.5. The van der Waals surface area contributed by atoms with Gasteiger partial charge in [0, 0.05) is 6.21 Å². The van der Waals surface area contributed by atoms with Crippen molar-refractivity contribution < 1.29 is 18.0 Å². The maximum atomic E-state index is 12.8. The van der Waals surface area contributed by atoms with E-state index in [-0.39, 0.29) is 10.7 Å². The number of hydrogen-bond donors (Lipinski definition) is 0. The lowest BCUT2D eigenvalue weighted by Gasteiger charge is -2.19. The first-order chi connectivity index (χ1) is 7.82. The number of nitrogens with zero attached hydrogens (tertiary/aromatic N) is 1. The number of halogens is 4. The van der Waals surface area contributed by atoms with Crippen LogP contribution in [-0.4, -0.2) is 12.0 Å². The van der Waals surface area contributed by atoms with Crippen LogP contribution in [-0.2, 0) is 6.18 Å². The van der Waals surface area contributed by atoms with Gasteiger partial charge in [-0.1, -0.05) is 18.5 Å². The Hall–Kier alpha value is -1.36. The maximum absolute atomic E-state index is 12.8. The van der Waals surface area contributed by atoms with Crippen LogP contribution >= 0.6 is 11.6 Å². The monoisotopic (exact) mass is 261 g/mol. The fourth-order valence-electron chi connectivity index (χ4n) is 1.66. The highest BCUT2D eigenvalue weighted by Gasteiger charge is 2.39. The summed E-state index contributed by atoms with van der Waals surface area (Å²) in [6.07, 6.45) is -3.28. The zero-order chi connectivity index (χ0) is 12.8. The van der Waals surface area contributed by atoms with Crippen LogP contribution < -0.4 is 0 Å². The zero-order valence-electron chi connectivity index (χ0n) is 8.68. The molecule has 0 aliphatic carbocycles. The van der Waals surface area contributed by atoms with Crippen molar-refractivity contribution in [3.8, 4) is 0 Å². The van der Waals surface area contributed by atoms with Gasteiger partial charge in [-0.25, -0.2) is 0 Å². The normalized spacial score (nSPS) is 19.4. The highest BCUT2D eigenvalue weighted by Crippen LogP contribution is 2.42. The first-order valence-electron chi connectivity index (χ1n) is 4.80. The second kappa shape index (κ2) is 3.84. The number of aliphatic imine (C=N–C) groups is 1. The number of carbonyl (C=O) groups is 1. The smallest absolute Gasteiger partial charge is 0.293 e. The third-order valence-corrected chi connectivity index (χ3v) is 2.83. The molecule has 1 atom stereocenters. The minimum atomic E-state index is -4.59. The minimum absolute atomic E-state index is 0.0458. The zero-order valence-corrected chi connectivity index (χ0v) is 9.43. The van der Waals surface area contributed by atoms with E-state index in [2.05, 4.69) is 4.99 Å². The SMILES string of the molecule is CC1C=Nc2c(Cl)ccc(C(F)(F)F)c2C1=O. The predicted octanol–water partition coefficient (Wildman–Crippen LogP) is 3.89. The van der Waals surface area contributed by atoms with Crippen molar-refractivity contribution in [3.05, 3.63) is 28.3 Å². The third kappa shape index (κ3) is 1.95. The number of rotatable bonds is 0. The third-order valence-electron chi connectivity index (χ3n) is 2.52. The van der Waals surface area contributed by atoms with Gasteiger partial charge >= 0.3 is 6.18 Å². The molecule has 1 aromatic carbocycles. The number of carbonyl (C=O) groups excluding carboxylic acids is 1. The summed E-state index contributed by atoms with van der Waals surface area (Å²) in [5, 5.41) is 0.0458. The number of ketones is 1.